The molecule has 1 aliphatic heterocycles. The summed E-state index contributed by atoms with van der Waals surface area (Å²) >= 11 is 1.46. The molecule has 1 N–H and O–H groups in total. The number of carbonyl (C=O) groups is 1. The van der Waals surface area contributed by atoms with Crippen LogP contribution < -0.4 is 5.32 Å². The van der Waals surface area contributed by atoms with Gasteiger partial charge in [-0.2, -0.15) is 0 Å². The highest BCUT2D eigenvalue weighted by Crippen LogP contribution is 2.25. The van der Waals surface area contributed by atoms with Crippen LogP contribution in [0.5, 0.6) is 0 Å². The van der Waals surface area contributed by atoms with Crippen LogP contribution in [0.1, 0.15) is 13.3 Å². The molecule has 0 saturated carbocycles. The van der Waals surface area contributed by atoms with Gasteiger partial charge in [-0.25, -0.2) is 8.42 Å². The fourth-order valence-electron chi connectivity index (χ4n) is 2.89. The number of sulfone groups is 1. The summed E-state index contributed by atoms with van der Waals surface area (Å²) in [5, 5.41) is 5.20. The molecule has 1 aliphatic rings. The van der Waals surface area contributed by atoms with E-state index in [2.05, 4.69) is 17.4 Å². The molecule has 0 bridgehead atoms. The molecule has 1 fully saturated rings. The van der Waals surface area contributed by atoms with E-state index < -0.39 is 15.4 Å². The molecular weight excluding hydrogens is 330 g/mol. The Morgan fingerprint density at radius 1 is 1.22 bits per heavy atom. The lowest BCUT2D eigenvalue weighted by molar-refractivity contribution is -0.120. The number of carbonyl (C=O) groups excluding carboxylic acids is 1. The predicted molar refractivity (Wildman–Crippen MR) is 94.5 cm³/mol. The first kappa shape index (κ1) is 16.3. The number of thioether (sulfide) groups is 1. The third-order valence-corrected chi connectivity index (χ3v) is 6.93. The lowest BCUT2D eigenvalue weighted by atomic mass is 10.0. The maximum atomic E-state index is 12.1. The van der Waals surface area contributed by atoms with Gasteiger partial charge in [0.1, 0.15) is 0 Å². The fourth-order valence-corrected chi connectivity index (χ4v) is 5.73. The quantitative estimate of drug-likeness (QED) is 0.862. The minimum absolute atomic E-state index is 0.0341. The summed E-state index contributed by atoms with van der Waals surface area (Å²) in [6.07, 6.45) is 0.488. The van der Waals surface area contributed by atoms with E-state index in [-0.39, 0.29) is 23.2 Å². The second-order valence-corrected chi connectivity index (χ2v) is 9.48. The number of amides is 1. The molecular formula is C17H19NO3S2. The van der Waals surface area contributed by atoms with Gasteiger partial charge in [0.05, 0.1) is 22.8 Å². The Bertz CT molecular complexity index is 848. The van der Waals surface area contributed by atoms with E-state index in [9.17, 15) is 13.2 Å². The summed E-state index contributed by atoms with van der Waals surface area (Å²) < 4.78 is 23.1. The molecule has 2 aromatic carbocycles. The molecule has 122 valence electrons. The second kappa shape index (κ2) is 6.17. The van der Waals surface area contributed by atoms with Crippen LogP contribution in [-0.4, -0.2) is 37.1 Å². The molecule has 1 saturated heterocycles. The van der Waals surface area contributed by atoms with E-state index in [1.54, 1.807) is 6.92 Å². The van der Waals surface area contributed by atoms with E-state index in [1.165, 1.54) is 17.1 Å². The molecule has 1 amide bonds. The van der Waals surface area contributed by atoms with Gasteiger partial charge in [-0.1, -0.05) is 30.3 Å². The first-order chi connectivity index (χ1) is 10.9. The molecule has 2 aromatic rings. The third kappa shape index (κ3) is 4.06. The minimum atomic E-state index is -3.01. The molecule has 23 heavy (non-hydrogen) atoms. The van der Waals surface area contributed by atoms with Crippen molar-refractivity contribution in [2.75, 3.05) is 17.3 Å². The molecule has 0 aliphatic carbocycles. The van der Waals surface area contributed by atoms with Gasteiger partial charge in [0, 0.05) is 4.90 Å². The number of benzene rings is 2. The van der Waals surface area contributed by atoms with Crippen molar-refractivity contribution < 1.29 is 13.2 Å². The van der Waals surface area contributed by atoms with Crippen LogP contribution in [-0.2, 0) is 14.6 Å². The first-order valence-electron chi connectivity index (χ1n) is 7.48. The zero-order valence-corrected chi connectivity index (χ0v) is 14.5. The van der Waals surface area contributed by atoms with E-state index in [1.807, 2.05) is 30.3 Å². The van der Waals surface area contributed by atoms with Crippen LogP contribution in [0.25, 0.3) is 10.8 Å². The lowest BCUT2D eigenvalue weighted by Crippen LogP contribution is -2.47. The largest absolute Gasteiger partial charge is 0.349 e. The van der Waals surface area contributed by atoms with Gasteiger partial charge in [0.15, 0.2) is 9.84 Å². The van der Waals surface area contributed by atoms with Crippen LogP contribution >= 0.6 is 11.8 Å². The van der Waals surface area contributed by atoms with Crippen molar-refractivity contribution in [2.45, 2.75) is 23.8 Å². The van der Waals surface area contributed by atoms with Crippen molar-refractivity contribution in [1.29, 1.82) is 0 Å². The monoisotopic (exact) mass is 349 g/mol. The van der Waals surface area contributed by atoms with Crippen molar-refractivity contribution >= 4 is 38.3 Å². The van der Waals surface area contributed by atoms with E-state index in [0.29, 0.717) is 6.42 Å². The zero-order valence-electron chi connectivity index (χ0n) is 12.9. The van der Waals surface area contributed by atoms with Crippen molar-refractivity contribution in [1.82, 2.24) is 5.32 Å². The second-order valence-electron chi connectivity index (χ2n) is 6.25. The van der Waals surface area contributed by atoms with Crippen molar-refractivity contribution in [3.8, 4) is 0 Å². The highest BCUT2D eigenvalue weighted by Gasteiger charge is 2.39. The maximum Gasteiger partial charge on any atom is 0.230 e. The molecule has 0 unspecified atom stereocenters. The van der Waals surface area contributed by atoms with Crippen molar-refractivity contribution in [3.05, 3.63) is 42.5 Å². The predicted octanol–water partition coefficient (Wildman–Crippen LogP) is 2.63. The van der Waals surface area contributed by atoms with Gasteiger partial charge < -0.3 is 5.32 Å². The number of hydrogen-bond donors (Lipinski definition) is 1. The molecule has 3 rings (SSSR count). The Hall–Kier alpha value is -1.53. The standard InChI is InChI=1S/C17H19NO3S2/c1-17(8-9-23(20,21)12-17)18-16(19)11-22-15-7-6-13-4-2-3-5-14(13)10-15/h2-7,10H,8-9,11-12H2,1H3,(H,18,19)/t17-/m1/s1. The topological polar surface area (TPSA) is 63.2 Å². The summed E-state index contributed by atoms with van der Waals surface area (Å²) in [7, 11) is -3.01. The minimum Gasteiger partial charge on any atom is -0.349 e. The van der Waals surface area contributed by atoms with E-state index >= 15 is 0 Å². The maximum absolute atomic E-state index is 12.1. The van der Waals surface area contributed by atoms with E-state index in [4.69, 9.17) is 0 Å². The summed E-state index contributed by atoms with van der Waals surface area (Å²) in [4.78, 5) is 13.2. The Labute approximate surface area is 140 Å². The molecule has 0 aromatic heterocycles. The van der Waals surface area contributed by atoms with Gasteiger partial charge in [-0.3, -0.25) is 4.79 Å². The van der Waals surface area contributed by atoms with Gasteiger partial charge in [0.25, 0.3) is 0 Å². The molecule has 6 heteroatoms. The fraction of sp³-hybridized carbons (Fsp3) is 0.353. The SMILES string of the molecule is C[C@@]1(NC(=O)CSc2ccc3ccccc3c2)CCS(=O)(=O)C1. The molecule has 4 nitrogen and oxygen atoms in total. The average molecular weight is 349 g/mol. The van der Waals surface area contributed by atoms with Crippen molar-refractivity contribution in [3.63, 3.8) is 0 Å². The van der Waals surface area contributed by atoms with Crippen LogP contribution in [0.2, 0.25) is 0 Å². The number of hydrogen-bond acceptors (Lipinski definition) is 4. The van der Waals surface area contributed by atoms with Crippen LogP contribution in [0.3, 0.4) is 0 Å². The first-order valence-corrected chi connectivity index (χ1v) is 10.3. The Kier molecular flexibility index (Phi) is 4.38. The summed E-state index contributed by atoms with van der Waals surface area (Å²) in [5.41, 5.74) is -0.625. The van der Waals surface area contributed by atoms with Gasteiger partial charge >= 0.3 is 0 Å². The Balaban J connectivity index is 1.60. The number of rotatable bonds is 4. The van der Waals surface area contributed by atoms with E-state index in [0.717, 1.165) is 10.3 Å². The molecule has 1 heterocycles. The van der Waals surface area contributed by atoms with Crippen molar-refractivity contribution in [2.24, 2.45) is 0 Å². The highest BCUT2D eigenvalue weighted by atomic mass is 32.2. The molecule has 1 atom stereocenters. The van der Waals surface area contributed by atoms with Crippen LogP contribution in [0, 0.1) is 0 Å². The summed E-state index contributed by atoms with van der Waals surface area (Å²) in [6.45, 7) is 1.80. The lowest BCUT2D eigenvalue weighted by Gasteiger charge is -2.23. The Morgan fingerprint density at radius 3 is 2.65 bits per heavy atom. The highest BCUT2D eigenvalue weighted by molar-refractivity contribution is 8.00. The zero-order chi connectivity index (χ0) is 16.5. The molecule has 0 spiro atoms. The van der Waals surface area contributed by atoms with Gasteiger partial charge in [0.2, 0.25) is 5.91 Å². The Morgan fingerprint density at radius 2 is 1.96 bits per heavy atom. The summed E-state index contributed by atoms with van der Waals surface area (Å²) in [6, 6.07) is 14.2. The van der Waals surface area contributed by atoms with Crippen LogP contribution in [0.15, 0.2) is 47.4 Å². The molecule has 0 radical (unpaired) electrons. The average Bonchev–Trinajstić information content (AvgIpc) is 2.78. The third-order valence-electron chi connectivity index (χ3n) is 4.04. The summed E-state index contributed by atoms with van der Waals surface area (Å²) in [5.74, 6) is 0.352. The van der Waals surface area contributed by atoms with Gasteiger partial charge in [-0.15, -0.1) is 11.8 Å². The smallest absolute Gasteiger partial charge is 0.230 e. The van der Waals surface area contributed by atoms with Crippen LogP contribution in [0.4, 0.5) is 0 Å². The number of nitrogens with one attached hydrogen (secondary N) is 1. The normalized spacial score (nSPS) is 23.0. The van der Waals surface area contributed by atoms with Gasteiger partial charge in [-0.05, 0) is 36.2 Å². The number of fused-ring (bicyclic) bond motifs is 1.